The first-order valence-corrected chi connectivity index (χ1v) is 16.3. The number of nitrogens with zero attached hydrogens (tertiary/aromatic N) is 4. The predicted molar refractivity (Wildman–Crippen MR) is 168 cm³/mol. The molecule has 1 N–H and O–H groups in total. The van der Waals surface area contributed by atoms with Crippen LogP contribution in [0.3, 0.4) is 0 Å². The largest absolute Gasteiger partial charge is 0.552 e. The quantitative estimate of drug-likeness (QED) is 0.230. The first kappa shape index (κ1) is 27.7. The average Bonchev–Trinajstić information content (AvgIpc) is 3.74. The minimum Gasteiger partial charge on any atom is -0.481 e. The van der Waals surface area contributed by atoms with Crippen LogP contribution in [0.1, 0.15) is 90.2 Å². The zero-order valence-corrected chi connectivity index (χ0v) is 27.0. The minimum atomic E-state index is -1.14. The summed E-state index contributed by atoms with van der Waals surface area (Å²) in [6.07, 6.45) is 7.79. The van der Waals surface area contributed by atoms with E-state index in [1.54, 1.807) is 6.92 Å². The lowest BCUT2D eigenvalue weighted by Crippen LogP contribution is -2.70. The van der Waals surface area contributed by atoms with Gasteiger partial charge in [0.25, 0.3) is 0 Å². The molecule has 6 atom stereocenters. The molecular formula is C36H36N4O6+2. The third-order valence-corrected chi connectivity index (χ3v) is 12.1. The van der Waals surface area contributed by atoms with Gasteiger partial charge in [0.05, 0.1) is 58.4 Å². The lowest BCUT2D eigenvalue weighted by molar-refractivity contribution is -0.837. The summed E-state index contributed by atoms with van der Waals surface area (Å²) >= 11 is 0. The molecule has 1 aliphatic carbocycles. The highest BCUT2D eigenvalue weighted by Gasteiger charge is 2.77. The van der Waals surface area contributed by atoms with Crippen molar-refractivity contribution >= 4 is 58.7 Å². The molecule has 10 heteroatoms. The highest BCUT2D eigenvalue weighted by atomic mass is 16.5. The molecule has 0 aromatic carbocycles. The Morgan fingerprint density at radius 2 is 1.65 bits per heavy atom. The Morgan fingerprint density at radius 1 is 0.978 bits per heavy atom. The highest BCUT2D eigenvalue weighted by molar-refractivity contribution is 6.34. The monoisotopic (exact) mass is 620 g/mol. The minimum absolute atomic E-state index is 0.00588. The molecule has 0 radical (unpaired) electrons. The molecule has 7 aliphatic rings. The van der Waals surface area contributed by atoms with Crippen molar-refractivity contribution in [1.82, 2.24) is 9.13 Å². The number of rotatable bonds is 6. The van der Waals surface area contributed by atoms with Crippen molar-refractivity contribution in [1.29, 1.82) is 0 Å². The third-order valence-electron chi connectivity index (χ3n) is 12.1. The van der Waals surface area contributed by atoms with E-state index < -0.39 is 23.8 Å². The molecule has 10 nitrogen and oxygen atoms in total. The van der Waals surface area contributed by atoms with Crippen molar-refractivity contribution in [3.63, 3.8) is 0 Å². The number of aliphatic carboxylic acids is 1. The van der Waals surface area contributed by atoms with Crippen molar-refractivity contribution in [2.75, 3.05) is 7.11 Å². The Labute approximate surface area is 265 Å². The van der Waals surface area contributed by atoms with E-state index in [1.807, 2.05) is 13.8 Å². The molecule has 2 aromatic heterocycles. The molecule has 0 amide bonds. The normalized spacial score (nSPS) is 29.9. The SMILES string of the molecule is CC[C@H]1C2=[N+]3C(=Cc4c(C(C)=O)c(C)c5n4C34n3c(c(C)c6c3=C(C3=[N+]4C(=C5)[C@@H](C)C3CCC(=O)O)C(C(=O)OC)C6=O)=C2)[C@@H]1C. The molecule has 0 bridgehead atoms. The van der Waals surface area contributed by atoms with Crippen molar-refractivity contribution in [3.8, 4) is 0 Å². The number of methoxy groups -OCH3 is 1. The zero-order chi connectivity index (χ0) is 32.5. The van der Waals surface area contributed by atoms with Crippen LogP contribution in [0, 0.1) is 43.4 Å². The van der Waals surface area contributed by atoms with Crippen LogP contribution in [0.2, 0.25) is 0 Å². The third kappa shape index (κ3) is 2.64. The number of Topliss-reactive ketones (excluding diaryl/α,β-unsaturated/α-hetero) is 2. The van der Waals surface area contributed by atoms with Crippen molar-refractivity contribution in [2.45, 2.75) is 66.7 Å². The van der Waals surface area contributed by atoms with Gasteiger partial charge in [-0.05, 0) is 44.7 Å². The fourth-order valence-electron chi connectivity index (χ4n) is 10.3. The number of allylic oxidation sites excluding steroid dienone is 2. The van der Waals surface area contributed by atoms with Gasteiger partial charge in [0, 0.05) is 35.8 Å². The number of aromatic nitrogens is 2. The number of esters is 1. The number of ether oxygens (including phenoxy) is 1. The first-order valence-electron chi connectivity index (χ1n) is 16.3. The summed E-state index contributed by atoms with van der Waals surface area (Å²) in [6, 6.07) is 0. The van der Waals surface area contributed by atoms with E-state index in [2.05, 4.69) is 57.3 Å². The van der Waals surface area contributed by atoms with Crippen LogP contribution >= 0.6 is 0 Å². The molecule has 8 heterocycles. The second kappa shape index (κ2) is 8.40. The van der Waals surface area contributed by atoms with Crippen LogP contribution in [0.4, 0.5) is 0 Å². The summed E-state index contributed by atoms with van der Waals surface area (Å²) in [7, 11) is 1.31. The number of hydrogen-bond donors (Lipinski definition) is 1. The van der Waals surface area contributed by atoms with Crippen LogP contribution in [-0.4, -0.2) is 65.4 Å². The molecule has 234 valence electrons. The van der Waals surface area contributed by atoms with Crippen molar-refractivity contribution in [3.05, 3.63) is 55.7 Å². The van der Waals surface area contributed by atoms with E-state index in [0.29, 0.717) is 28.5 Å². The number of ketones is 2. The number of carboxylic acids is 1. The van der Waals surface area contributed by atoms with Gasteiger partial charge in [-0.3, -0.25) is 19.2 Å². The number of carboxylic acid groups (broad SMARTS) is 1. The van der Waals surface area contributed by atoms with Crippen molar-refractivity contribution < 1.29 is 38.2 Å². The predicted octanol–water partition coefficient (Wildman–Crippen LogP) is 2.59. The van der Waals surface area contributed by atoms with Gasteiger partial charge < -0.3 is 9.84 Å². The van der Waals surface area contributed by atoms with Crippen LogP contribution in [-0.2, 0) is 20.2 Å². The maximum absolute atomic E-state index is 14.5. The van der Waals surface area contributed by atoms with Gasteiger partial charge in [-0.15, -0.1) is 0 Å². The maximum Gasteiger partial charge on any atom is 0.552 e. The Bertz CT molecular complexity index is 2250. The molecule has 3 unspecified atom stereocenters. The Kier molecular flexibility index (Phi) is 5.06. The summed E-state index contributed by atoms with van der Waals surface area (Å²) in [5, 5.41) is 11.5. The Hall–Kier alpha value is -4.60. The number of fused-ring (bicyclic) bond motifs is 1. The summed E-state index contributed by atoms with van der Waals surface area (Å²) in [4.78, 5) is 53.5. The molecular weight excluding hydrogens is 584 g/mol. The van der Waals surface area contributed by atoms with Gasteiger partial charge >= 0.3 is 17.8 Å². The summed E-state index contributed by atoms with van der Waals surface area (Å²) in [6.45, 7) is 12.2. The second-order valence-electron chi connectivity index (χ2n) is 14.0. The summed E-state index contributed by atoms with van der Waals surface area (Å²) < 4.78 is 14.6. The van der Waals surface area contributed by atoms with Gasteiger partial charge in [-0.2, -0.15) is 9.13 Å². The topological polar surface area (TPSA) is 114 Å². The smallest absolute Gasteiger partial charge is 0.481 e. The van der Waals surface area contributed by atoms with E-state index in [0.717, 1.165) is 51.4 Å². The van der Waals surface area contributed by atoms with Gasteiger partial charge in [0.2, 0.25) is 5.71 Å². The van der Waals surface area contributed by atoms with Crippen LogP contribution < -0.4 is 10.7 Å². The maximum atomic E-state index is 14.5. The lowest BCUT2D eigenvalue weighted by atomic mass is 9.81. The summed E-state index contributed by atoms with van der Waals surface area (Å²) in [5.41, 5.74) is 9.45. The lowest BCUT2D eigenvalue weighted by Gasteiger charge is -2.39. The number of carbonyl (C=O) groups excluding carboxylic acids is 3. The second-order valence-corrected chi connectivity index (χ2v) is 14.0. The number of carbonyl (C=O) groups is 4. The Morgan fingerprint density at radius 3 is 2.30 bits per heavy atom. The van der Waals surface area contributed by atoms with E-state index in [9.17, 15) is 24.3 Å². The zero-order valence-electron chi connectivity index (χ0n) is 27.0. The van der Waals surface area contributed by atoms with Gasteiger partial charge in [-0.1, -0.05) is 29.9 Å². The van der Waals surface area contributed by atoms with Crippen LogP contribution in [0.5, 0.6) is 0 Å². The molecule has 6 aliphatic heterocycles. The molecule has 1 spiro atoms. The van der Waals surface area contributed by atoms with E-state index in [-0.39, 0.29) is 41.7 Å². The molecule has 0 saturated heterocycles. The molecule has 0 fully saturated rings. The Balaban J connectivity index is 1.56. The molecule has 2 aromatic rings. The van der Waals surface area contributed by atoms with E-state index in [1.165, 1.54) is 12.8 Å². The summed E-state index contributed by atoms with van der Waals surface area (Å²) in [5.74, 6) is -4.01. The standard InChI is InChI=1S/C36H35N4O6/c1-8-19-14(2)21-13-26-28(18(6)41)16(4)23-11-22-15(3)20(9-10-27(42)43)32-30-31(35(45)46-7)34(44)29-17(5)24-12-25(19)37(21)36(38(23)26,39(22)32)40(24)33(29)30/h11-15,19-20,31H,8-10H2,1-7H3/q+1/p+1/t14-,15+,19-,20?,31?,36?/m1/s1. The molecule has 0 saturated carbocycles. The van der Waals surface area contributed by atoms with Gasteiger partial charge in [0.15, 0.2) is 34.6 Å². The van der Waals surface area contributed by atoms with Gasteiger partial charge in [-0.25, -0.2) is 0 Å². The fraction of sp³-hybridized carbons (Fsp3) is 0.444. The van der Waals surface area contributed by atoms with Gasteiger partial charge in [0.1, 0.15) is 0 Å². The fourth-order valence-corrected chi connectivity index (χ4v) is 10.3. The molecule has 46 heavy (non-hydrogen) atoms. The number of hydrogen-bond acceptors (Lipinski definition) is 5. The van der Waals surface area contributed by atoms with E-state index in [4.69, 9.17) is 4.74 Å². The molecule has 9 rings (SSSR count). The average molecular weight is 621 g/mol. The highest BCUT2D eigenvalue weighted by Crippen LogP contribution is 2.55. The van der Waals surface area contributed by atoms with Crippen molar-refractivity contribution in [2.24, 2.45) is 29.6 Å². The van der Waals surface area contributed by atoms with E-state index >= 15 is 0 Å². The first-order chi connectivity index (χ1) is 21.9. The van der Waals surface area contributed by atoms with Crippen LogP contribution in [0.15, 0.2) is 11.4 Å². The van der Waals surface area contributed by atoms with Crippen LogP contribution in [0.25, 0.3) is 23.8 Å².